The molecule has 0 radical (unpaired) electrons. The lowest BCUT2D eigenvalue weighted by Crippen LogP contribution is -1.92. The Balaban J connectivity index is 1.11. The minimum absolute atomic E-state index is 0.672. The van der Waals surface area contributed by atoms with Crippen LogP contribution < -0.4 is 0 Å². The van der Waals surface area contributed by atoms with Gasteiger partial charge in [0, 0.05) is 50.0 Å². The minimum atomic E-state index is 0.672. The Hall–Kier alpha value is -6.00. The first-order chi connectivity index (χ1) is 21.8. The second-order valence-corrected chi connectivity index (χ2v) is 11.0. The third-order valence-corrected chi connectivity index (χ3v) is 8.37. The van der Waals surface area contributed by atoms with Crippen molar-refractivity contribution < 1.29 is 8.83 Å². The summed E-state index contributed by atoms with van der Waals surface area (Å²) in [6.45, 7) is 0. The van der Waals surface area contributed by atoms with Gasteiger partial charge in [0.05, 0.1) is 5.69 Å². The number of fused-ring (bicyclic) bond motifs is 6. The van der Waals surface area contributed by atoms with Gasteiger partial charge in [-0.3, -0.25) is 0 Å². The fraction of sp³-hybridized carbons (Fsp3) is 0. The van der Waals surface area contributed by atoms with Crippen LogP contribution >= 0.6 is 0 Å². The number of hydrogen-bond donors (Lipinski definition) is 0. The van der Waals surface area contributed by atoms with Crippen LogP contribution in [0.4, 0.5) is 0 Å². The standard InChI is InChI=1S/C40H24N2O2/c1-3-19-36-31(13-1)33-17-7-15-29(38(33)43-36)25-9-5-11-27(23-25)35-21-22-41-40(42-35)28-12-6-10-26(24-28)30-16-8-18-34-32-14-2-4-20-37(32)44-39(30)34/h1-24H. The Labute approximate surface area is 252 Å². The molecule has 0 bridgehead atoms. The van der Waals surface area contributed by atoms with Crippen molar-refractivity contribution in [2.24, 2.45) is 0 Å². The van der Waals surface area contributed by atoms with Crippen molar-refractivity contribution in [2.45, 2.75) is 0 Å². The number of rotatable bonds is 4. The molecule has 9 aromatic rings. The zero-order valence-electron chi connectivity index (χ0n) is 23.6. The van der Waals surface area contributed by atoms with E-state index in [1.165, 1.54) is 0 Å². The van der Waals surface area contributed by atoms with Crippen LogP contribution in [-0.2, 0) is 0 Å². The average Bonchev–Trinajstić information content (AvgIpc) is 3.67. The number of aromatic nitrogens is 2. The summed E-state index contributed by atoms with van der Waals surface area (Å²) in [5, 5.41) is 4.47. The van der Waals surface area contributed by atoms with Crippen molar-refractivity contribution in [1.29, 1.82) is 0 Å². The maximum Gasteiger partial charge on any atom is 0.159 e. The van der Waals surface area contributed by atoms with Gasteiger partial charge in [-0.1, -0.05) is 109 Å². The fourth-order valence-electron chi connectivity index (χ4n) is 6.28. The van der Waals surface area contributed by atoms with Crippen LogP contribution in [0.15, 0.2) is 155 Å². The quantitative estimate of drug-likeness (QED) is 0.213. The highest BCUT2D eigenvalue weighted by Crippen LogP contribution is 2.38. The van der Waals surface area contributed by atoms with E-state index in [0.29, 0.717) is 5.82 Å². The molecule has 0 N–H and O–H groups in total. The first-order valence-corrected chi connectivity index (χ1v) is 14.7. The van der Waals surface area contributed by atoms with Gasteiger partial charge >= 0.3 is 0 Å². The molecule has 3 aromatic heterocycles. The van der Waals surface area contributed by atoms with E-state index in [4.69, 9.17) is 13.8 Å². The molecule has 0 aliphatic rings. The van der Waals surface area contributed by atoms with Gasteiger partial charge in [0.2, 0.25) is 0 Å². The number of furan rings is 2. The van der Waals surface area contributed by atoms with Crippen molar-refractivity contribution in [3.05, 3.63) is 146 Å². The molecule has 0 unspecified atom stereocenters. The molecule has 0 amide bonds. The van der Waals surface area contributed by atoms with Crippen LogP contribution in [-0.4, -0.2) is 9.97 Å². The summed E-state index contributed by atoms with van der Waals surface area (Å²) in [7, 11) is 0. The van der Waals surface area contributed by atoms with Gasteiger partial charge in [0.1, 0.15) is 22.3 Å². The molecule has 44 heavy (non-hydrogen) atoms. The molecule has 4 nitrogen and oxygen atoms in total. The lowest BCUT2D eigenvalue weighted by molar-refractivity contribution is 0.669. The second-order valence-electron chi connectivity index (χ2n) is 11.0. The molecule has 0 spiro atoms. The maximum atomic E-state index is 6.32. The third-order valence-electron chi connectivity index (χ3n) is 8.37. The Morgan fingerprint density at radius 2 is 0.909 bits per heavy atom. The lowest BCUT2D eigenvalue weighted by Gasteiger charge is -2.09. The zero-order chi connectivity index (χ0) is 29.0. The highest BCUT2D eigenvalue weighted by Gasteiger charge is 2.15. The number of para-hydroxylation sites is 4. The van der Waals surface area contributed by atoms with E-state index in [0.717, 1.165) is 83.0 Å². The molecule has 0 saturated heterocycles. The molecule has 4 heteroatoms. The predicted molar refractivity (Wildman–Crippen MR) is 178 cm³/mol. The van der Waals surface area contributed by atoms with Crippen LogP contribution in [0.3, 0.4) is 0 Å². The van der Waals surface area contributed by atoms with Crippen LogP contribution in [0.1, 0.15) is 0 Å². The van der Waals surface area contributed by atoms with Gasteiger partial charge in [-0.25, -0.2) is 9.97 Å². The van der Waals surface area contributed by atoms with Crippen LogP contribution in [0.25, 0.3) is 88.8 Å². The van der Waals surface area contributed by atoms with Gasteiger partial charge in [-0.05, 0) is 41.5 Å². The van der Waals surface area contributed by atoms with Crippen LogP contribution in [0.5, 0.6) is 0 Å². The summed E-state index contributed by atoms with van der Waals surface area (Å²) in [5.74, 6) is 0.672. The van der Waals surface area contributed by atoms with Crippen molar-refractivity contribution in [3.63, 3.8) is 0 Å². The molecular weight excluding hydrogens is 540 g/mol. The molecule has 0 aliphatic heterocycles. The predicted octanol–water partition coefficient (Wildman–Crippen LogP) is 10.9. The van der Waals surface area contributed by atoms with E-state index in [1.807, 2.05) is 48.7 Å². The molecular formula is C40H24N2O2. The lowest BCUT2D eigenvalue weighted by atomic mass is 9.99. The van der Waals surface area contributed by atoms with Gasteiger partial charge in [-0.15, -0.1) is 0 Å². The Bertz CT molecular complexity index is 2350. The summed E-state index contributed by atoms with van der Waals surface area (Å²) in [5.41, 5.74) is 10.6. The normalized spacial score (nSPS) is 11.6. The van der Waals surface area contributed by atoms with Gasteiger partial charge in [0.15, 0.2) is 5.82 Å². The molecule has 3 heterocycles. The summed E-state index contributed by atoms with van der Waals surface area (Å²) < 4.78 is 12.6. The first kappa shape index (κ1) is 24.6. The van der Waals surface area contributed by atoms with Crippen molar-refractivity contribution >= 4 is 43.9 Å². The van der Waals surface area contributed by atoms with Crippen molar-refractivity contribution in [1.82, 2.24) is 9.97 Å². The van der Waals surface area contributed by atoms with Crippen molar-refractivity contribution in [3.8, 4) is 44.9 Å². The molecule has 206 valence electrons. The average molecular weight is 565 g/mol. The minimum Gasteiger partial charge on any atom is -0.455 e. The van der Waals surface area contributed by atoms with E-state index in [2.05, 4.69) is 102 Å². The largest absolute Gasteiger partial charge is 0.455 e. The first-order valence-electron chi connectivity index (χ1n) is 14.7. The second kappa shape index (κ2) is 9.79. The topological polar surface area (TPSA) is 52.1 Å². The third kappa shape index (κ3) is 3.92. The van der Waals surface area contributed by atoms with E-state index >= 15 is 0 Å². The van der Waals surface area contributed by atoms with E-state index in [-0.39, 0.29) is 0 Å². The molecule has 0 fully saturated rings. The Kier molecular flexibility index (Phi) is 5.47. The fourth-order valence-corrected chi connectivity index (χ4v) is 6.28. The maximum absolute atomic E-state index is 6.32. The van der Waals surface area contributed by atoms with Crippen molar-refractivity contribution in [2.75, 3.05) is 0 Å². The monoisotopic (exact) mass is 564 g/mol. The smallest absolute Gasteiger partial charge is 0.159 e. The summed E-state index contributed by atoms with van der Waals surface area (Å²) in [6, 6.07) is 47.8. The highest BCUT2D eigenvalue weighted by atomic mass is 16.3. The molecule has 6 aromatic carbocycles. The number of benzene rings is 6. The molecule has 0 aliphatic carbocycles. The van der Waals surface area contributed by atoms with Gasteiger partial charge < -0.3 is 8.83 Å². The summed E-state index contributed by atoms with van der Waals surface area (Å²) >= 11 is 0. The molecule has 0 atom stereocenters. The number of hydrogen-bond acceptors (Lipinski definition) is 4. The van der Waals surface area contributed by atoms with Gasteiger partial charge in [0.25, 0.3) is 0 Å². The summed E-state index contributed by atoms with van der Waals surface area (Å²) in [4.78, 5) is 9.68. The Morgan fingerprint density at radius 3 is 1.55 bits per heavy atom. The number of nitrogens with zero attached hydrogens (tertiary/aromatic N) is 2. The molecule has 9 rings (SSSR count). The van der Waals surface area contributed by atoms with E-state index < -0.39 is 0 Å². The SMILES string of the molecule is c1cc(-c2ccnc(-c3cccc(-c4cccc5c4oc4ccccc45)c3)n2)cc(-c2cccc3c2oc2ccccc23)c1. The van der Waals surface area contributed by atoms with Crippen LogP contribution in [0, 0.1) is 0 Å². The van der Waals surface area contributed by atoms with E-state index in [9.17, 15) is 0 Å². The zero-order valence-corrected chi connectivity index (χ0v) is 23.6. The van der Waals surface area contributed by atoms with E-state index in [1.54, 1.807) is 0 Å². The summed E-state index contributed by atoms with van der Waals surface area (Å²) in [6.07, 6.45) is 1.83. The molecule has 0 saturated carbocycles. The Morgan fingerprint density at radius 1 is 0.409 bits per heavy atom. The van der Waals surface area contributed by atoms with Crippen LogP contribution in [0.2, 0.25) is 0 Å². The van der Waals surface area contributed by atoms with Gasteiger partial charge in [-0.2, -0.15) is 0 Å². The highest BCUT2D eigenvalue weighted by molar-refractivity contribution is 6.10.